The van der Waals surface area contributed by atoms with Crippen LogP contribution < -0.4 is 0 Å². The van der Waals surface area contributed by atoms with Crippen molar-refractivity contribution in [3.8, 4) is 0 Å². The molecule has 1 aliphatic rings. The third-order valence-electron chi connectivity index (χ3n) is 2.68. The van der Waals surface area contributed by atoms with E-state index in [9.17, 15) is 13.5 Å². The summed E-state index contributed by atoms with van der Waals surface area (Å²) < 4.78 is 23.7. The van der Waals surface area contributed by atoms with Crippen molar-refractivity contribution >= 4 is 10.0 Å². The molecule has 1 saturated carbocycles. The van der Waals surface area contributed by atoms with Crippen molar-refractivity contribution in [3.63, 3.8) is 0 Å². The summed E-state index contributed by atoms with van der Waals surface area (Å²) in [4.78, 5) is 0. The van der Waals surface area contributed by atoms with E-state index < -0.39 is 16.1 Å². The molecule has 0 aromatic heterocycles. The summed E-state index contributed by atoms with van der Waals surface area (Å²) in [7, 11) is -1.63. The first-order valence-electron chi connectivity index (χ1n) is 4.54. The number of aliphatic hydroxyl groups excluding tert-OH is 1. The average Bonchev–Trinajstić information content (AvgIpc) is 2.02. The second kappa shape index (κ2) is 3.94. The van der Waals surface area contributed by atoms with E-state index in [0.717, 1.165) is 19.3 Å². The van der Waals surface area contributed by atoms with Gasteiger partial charge in [0.15, 0.2) is 0 Å². The maximum atomic E-state index is 11.2. The Hall–Kier alpha value is -0.130. The molecule has 1 fully saturated rings. The monoisotopic (exact) mass is 207 g/mol. The SMILES string of the molecule is CN([C@H]1CCCC[C@@H]1O)S(C)(=O)=O. The van der Waals surface area contributed by atoms with E-state index in [1.807, 2.05) is 0 Å². The van der Waals surface area contributed by atoms with Crippen LogP contribution in [0.15, 0.2) is 0 Å². The predicted octanol–water partition coefficient (Wildman–Crippen LogP) is 0.181. The number of sulfonamides is 1. The minimum absolute atomic E-state index is 0.219. The van der Waals surface area contributed by atoms with Gasteiger partial charge in [0.05, 0.1) is 18.4 Å². The van der Waals surface area contributed by atoms with Gasteiger partial charge >= 0.3 is 0 Å². The smallest absolute Gasteiger partial charge is 0.211 e. The Balaban J connectivity index is 2.70. The van der Waals surface area contributed by atoms with Gasteiger partial charge in [0.2, 0.25) is 10.0 Å². The van der Waals surface area contributed by atoms with Crippen molar-refractivity contribution in [2.24, 2.45) is 0 Å². The van der Waals surface area contributed by atoms with Gasteiger partial charge in [-0.15, -0.1) is 0 Å². The Bertz CT molecular complexity index is 263. The van der Waals surface area contributed by atoms with E-state index in [-0.39, 0.29) is 6.04 Å². The van der Waals surface area contributed by atoms with Gasteiger partial charge < -0.3 is 5.11 Å². The predicted molar refractivity (Wildman–Crippen MR) is 50.9 cm³/mol. The quantitative estimate of drug-likeness (QED) is 0.703. The number of rotatable bonds is 2. The molecular formula is C8H17NO3S. The van der Waals surface area contributed by atoms with Gasteiger partial charge in [0.1, 0.15) is 0 Å². The molecular weight excluding hydrogens is 190 g/mol. The van der Waals surface area contributed by atoms with Crippen molar-refractivity contribution in [1.82, 2.24) is 4.31 Å². The van der Waals surface area contributed by atoms with Crippen molar-refractivity contribution in [2.75, 3.05) is 13.3 Å². The second-order valence-electron chi connectivity index (χ2n) is 3.70. The number of hydrogen-bond acceptors (Lipinski definition) is 3. The van der Waals surface area contributed by atoms with Crippen LogP contribution in [0.5, 0.6) is 0 Å². The molecule has 1 aliphatic carbocycles. The van der Waals surface area contributed by atoms with Crippen molar-refractivity contribution < 1.29 is 13.5 Å². The molecule has 0 amide bonds. The van der Waals surface area contributed by atoms with Crippen LogP contribution in [0.2, 0.25) is 0 Å². The Kier molecular flexibility index (Phi) is 3.32. The second-order valence-corrected chi connectivity index (χ2v) is 5.74. The first-order valence-corrected chi connectivity index (χ1v) is 6.39. The minimum atomic E-state index is -3.16. The Labute approximate surface area is 79.6 Å². The average molecular weight is 207 g/mol. The lowest BCUT2D eigenvalue weighted by Gasteiger charge is -2.33. The molecule has 4 nitrogen and oxygen atoms in total. The molecule has 13 heavy (non-hydrogen) atoms. The molecule has 0 aromatic rings. The van der Waals surface area contributed by atoms with E-state index in [1.54, 1.807) is 0 Å². The summed E-state index contributed by atoms with van der Waals surface area (Å²) in [6.07, 6.45) is 4.16. The number of likely N-dealkylation sites (N-methyl/N-ethyl adjacent to an activating group) is 1. The minimum Gasteiger partial charge on any atom is -0.391 e. The van der Waals surface area contributed by atoms with E-state index in [4.69, 9.17) is 0 Å². The normalized spacial score (nSPS) is 30.8. The van der Waals surface area contributed by atoms with Gasteiger partial charge in [-0.2, -0.15) is 4.31 Å². The number of hydrogen-bond donors (Lipinski definition) is 1. The van der Waals surface area contributed by atoms with Crippen LogP contribution in [0.4, 0.5) is 0 Å². The van der Waals surface area contributed by atoms with Crippen LogP contribution in [-0.2, 0) is 10.0 Å². The van der Waals surface area contributed by atoms with E-state index in [2.05, 4.69) is 0 Å². The number of aliphatic hydroxyl groups is 1. The molecule has 0 aliphatic heterocycles. The molecule has 0 saturated heterocycles. The molecule has 1 N–H and O–H groups in total. The Morgan fingerprint density at radius 3 is 2.31 bits per heavy atom. The summed E-state index contributed by atoms with van der Waals surface area (Å²) >= 11 is 0. The maximum absolute atomic E-state index is 11.2. The van der Waals surface area contributed by atoms with Crippen LogP contribution in [0.3, 0.4) is 0 Å². The van der Waals surface area contributed by atoms with Crippen LogP contribution in [0.25, 0.3) is 0 Å². The lowest BCUT2D eigenvalue weighted by molar-refractivity contribution is 0.0640. The lowest BCUT2D eigenvalue weighted by Crippen LogP contribution is -2.45. The molecule has 0 radical (unpaired) electrons. The first-order chi connectivity index (χ1) is 5.93. The van der Waals surface area contributed by atoms with E-state index in [1.165, 1.54) is 17.6 Å². The third-order valence-corrected chi connectivity index (χ3v) is 4.00. The van der Waals surface area contributed by atoms with Crippen molar-refractivity contribution in [1.29, 1.82) is 0 Å². The molecule has 1 rings (SSSR count). The molecule has 78 valence electrons. The van der Waals surface area contributed by atoms with Crippen LogP contribution >= 0.6 is 0 Å². The highest BCUT2D eigenvalue weighted by molar-refractivity contribution is 7.88. The standard InChI is InChI=1S/C8H17NO3S/c1-9(13(2,11)12)7-5-3-4-6-8(7)10/h7-8,10H,3-6H2,1-2H3/t7-,8-/m0/s1. The van der Waals surface area contributed by atoms with E-state index >= 15 is 0 Å². The Morgan fingerprint density at radius 2 is 1.85 bits per heavy atom. The van der Waals surface area contributed by atoms with Gasteiger partial charge in [-0.05, 0) is 12.8 Å². The highest BCUT2D eigenvalue weighted by Crippen LogP contribution is 2.23. The maximum Gasteiger partial charge on any atom is 0.211 e. The summed E-state index contributed by atoms with van der Waals surface area (Å²) in [6.45, 7) is 0. The van der Waals surface area contributed by atoms with Gasteiger partial charge in [0.25, 0.3) is 0 Å². The molecule has 0 aromatic carbocycles. The van der Waals surface area contributed by atoms with Gasteiger partial charge in [-0.1, -0.05) is 12.8 Å². The van der Waals surface area contributed by atoms with Crippen LogP contribution in [0, 0.1) is 0 Å². The molecule has 0 unspecified atom stereocenters. The Morgan fingerprint density at radius 1 is 1.31 bits per heavy atom. The van der Waals surface area contributed by atoms with Crippen molar-refractivity contribution in [3.05, 3.63) is 0 Å². The fourth-order valence-electron chi connectivity index (χ4n) is 1.76. The highest BCUT2D eigenvalue weighted by atomic mass is 32.2. The van der Waals surface area contributed by atoms with E-state index in [0.29, 0.717) is 6.42 Å². The molecule has 0 heterocycles. The third kappa shape index (κ3) is 2.65. The molecule has 2 atom stereocenters. The molecule has 0 bridgehead atoms. The van der Waals surface area contributed by atoms with Crippen molar-refractivity contribution in [2.45, 2.75) is 37.8 Å². The van der Waals surface area contributed by atoms with Crippen LogP contribution in [-0.4, -0.2) is 43.3 Å². The van der Waals surface area contributed by atoms with Gasteiger partial charge in [-0.3, -0.25) is 0 Å². The summed E-state index contributed by atoms with van der Waals surface area (Å²) in [5.41, 5.74) is 0. The van der Waals surface area contributed by atoms with Gasteiger partial charge in [-0.25, -0.2) is 8.42 Å². The summed E-state index contributed by atoms with van der Waals surface area (Å²) in [6, 6.07) is -0.219. The zero-order valence-electron chi connectivity index (χ0n) is 8.10. The van der Waals surface area contributed by atoms with Gasteiger partial charge in [0, 0.05) is 7.05 Å². The zero-order valence-corrected chi connectivity index (χ0v) is 8.92. The fraction of sp³-hybridized carbons (Fsp3) is 1.00. The first kappa shape index (κ1) is 10.9. The highest BCUT2D eigenvalue weighted by Gasteiger charge is 2.30. The molecule has 0 spiro atoms. The summed E-state index contributed by atoms with van der Waals surface area (Å²) in [5, 5.41) is 9.60. The largest absolute Gasteiger partial charge is 0.391 e. The summed E-state index contributed by atoms with van der Waals surface area (Å²) in [5.74, 6) is 0. The number of nitrogens with zero attached hydrogens (tertiary/aromatic N) is 1. The zero-order chi connectivity index (χ0) is 10.1. The molecule has 5 heteroatoms. The van der Waals surface area contributed by atoms with Crippen LogP contribution in [0.1, 0.15) is 25.7 Å². The fourth-order valence-corrected chi connectivity index (χ4v) is 2.50. The lowest BCUT2D eigenvalue weighted by atomic mass is 9.93. The topological polar surface area (TPSA) is 57.6 Å².